The molecule has 0 saturated carbocycles. The van der Waals surface area contributed by atoms with Gasteiger partial charge in [-0.25, -0.2) is 0 Å². The second-order valence-corrected chi connectivity index (χ2v) is 20.3. The molecule has 3 heteroatoms. The van der Waals surface area contributed by atoms with Crippen LogP contribution in [0.3, 0.4) is 0 Å². The summed E-state index contributed by atoms with van der Waals surface area (Å²) in [6.45, 7) is 18.7. The van der Waals surface area contributed by atoms with Gasteiger partial charge in [-0.15, -0.1) is 0 Å². The van der Waals surface area contributed by atoms with Crippen LogP contribution in [0.5, 0.6) is 0 Å². The number of hydrogen-bond acceptors (Lipinski definition) is 0. The van der Waals surface area contributed by atoms with Gasteiger partial charge in [-0.1, -0.05) is 0 Å². The van der Waals surface area contributed by atoms with Crippen molar-refractivity contribution in [3.05, 3.63) is 150 Å². The molecule has 4 aromatic rings. The summed E-state index contributed by atoms with van der Waals surface area (Å²) < 4.78 is 3.86. The molecule has 46 heavy (non-hydrogen) atoms. The Morgan fingerprint density at radius 2 is 1.13 bits per heavy atom. The predicted octanol–water partition coefficient (Wildman–Crippen LogP) is 5.56. The van der Waals surface area contributed by atoms with E-state index in [1.807, 2.05) is 0 Å². The predicted molar refractivity (Wildman–Crippen MR) is 187 cm³/mol. The molecule has 0 saturated heterocycles. The Balaban J connectivity index is 0.00000240. The molecule has 1 unspecified atom stereocenters. The third kappa shape index (κ3) is 6.95. The summed E-state index contributed by atoms with van der Waals surface area (Å²) >= 11 is -2.83. The van der Waals surface area contributed by atoms with Crippen molar-refractivity contribution in [2.45, 2.75) is 78.3 Å². The van der Waals surface area contributed by atoms with Gasteiger partial charge >= 0.3 is 276 Å². The molecule has 0 nitrogen and oxygen atoms in total. The molecule has 0 spiro atoms. The normalized spacial score (nSPS) is 15.1. The zero-order chi connectivity index (χ0) is 31.2. The topological polar surface area (TPSA) is 0 Å². The molecule has 0 amide bonds. The number of hydrogen-bond donors (Lipinski definition) is 0. The van der Waals surface area contributed by atoms with E-state index in [1.54, 1.807) is 17.6 Å². The van der Waals surface area contributed by atoms with Gasteiger partial charge in [0.25, 0.3) is 0 Å². The Kier molecular flexibility index (Phi) is 11.8. The third-order valence-corrected chi connectivity index (χ3v) is 18.6. The van der Waals surface area contributed by atoms with E-state index < -0.39 is 21.3 Å². The van der Waals surface area contributed by atoms with E-state index in [0.717, 1.165) is 0 Å². The second kappa shape index (κ2) is 14.9. The molecule has 0 N–H and O–H groups in total. The van der Waals surface area contributed by atoms with Gasteiger partial charge in [0, 0.05) is 0 Å². The monoisotopic (exact) mass is 724 g/mol. The van der Waals surface area contributed by atoms with E-state index in [4.69, 9.17) is 0 Å². The zero-order valence-electron chi connectivity index (χ0n) is 28.8. The average Bonchev–Trinajstić information content (AvgIpc) is 3.55. The number of halogens is 2. The quantitative estimate of drug-likeness (QED) is 0.234. The summed E-state index contributed by atoms with van der Waals surface area (Å²) in [6, 6.07) is 33.0. The van der Waals surface area contributed by atoms with Crippen LogP contribution in [-0.2, 0) is 21.3 Å². The third-order valence-electron chi connectivity index (χ3n) is 10.1. The van der Waals surface area contributed by atoms with E-state index in [-0.39, 0.29) is 30.2 Å². The van der Waals surface area contributed by atoms with Gasteiger partial charge in [-0.2, -0.15) is 0 Å². The van der Waals surface area contributed by atoms with Crippen LogP contribution in [-0.4, -0.2) is 3.21 Å². The first-order valence-electron chi connectivity index (χ1n) is 16.6. The van der Waals surface area contributed by atoms with E-state index >= 15 is 0 Å². The molecule has 238 valence electrons. The maximum atomic E-state index is 2.71. The number of unbranched alkanes of at least 4 members (excludes halogenated alkanes) is 1. The van der Waals surface area contributed by atoms with Crippen molar-refractivity contribution < 1.29 is 46.1 Å². The maximum absolute atomic E-state index is 2.83. The van der Waals surface area contributed by atoms with Gasteiger partial charge in [-0.3, -0.25) is 0 Å². The standard InChI is InChI=1S/C17H17.C13H10.C13H21.2ClH.Zr/c1-10-5-14-9-15-6-11(2)13(4)8-17(15)16(14)7-12(10)3;1-3-7-12(8-4-1)11-13-9-5-2-6-10-13;1-5-6-7-11-8-9-12(10-11)13(2,3)4;;;/h5-9H,1-4H3;1-10H;9-11H,5-7H2,1-4H3;2*1H;/q;;;;;+2/p-2. The molecule has 0 aliphatic heterocycles. The van der Waals surface area contributed by atoms with Crippen molar-refractivity contribution in [3.8, 4) is 11.1 Å². The van der Waals surface area contributed by atoms with Gasteiger partial charge in [-0.05, 0) is 0 Å². The van der Waals surface area contributed by atoms with Crippen LogP contribution in [0, 0.1) is 39.0 Å². The Bertz CT molecular complexity index is 1700. The Morgan fingerprint density at radius 3 is 1.57 bits per heavy atom. The van der Waals surface area contributed by atoms with Crippen molar-refractivity contribution in [2.75, 3.05) is 0 Å². The summed E-state index contributed by atoms with van der Waals surface area (Å²) in [7, 11) is 0. The minimum atomic E-state index is -2.83. The van der Waals surface area contributed by atoms with Crippen molar-refractivity contribution >= 4 is 3.21 Å². The van der Waals surface area contributed by atoms with E-state index in [1.165, 1.54) is 69.3 Å². The first kappa shape index (κ1) is 36.5. The number of rotatable bonds is 7. The van der Waals surface area contributed by atoms with Crippen LogP contribution in [0.25, 0.3) is 11.1 Å². The van der Waals surface area contributed by atoms with Crippen LogP contribution in [0.2, 0.25) is 0 Å². The van der Waals surface area contributed by atoms with Gasteiger partial charge < -0.3 is 24.8 Å². The van der Waals surface area contributed by atoms with Crippen LogP contribution in [0.15, 0.2) is 106 Å². The molecular weight excluding hydrogens is 679 g/mol. The van der Waals surface area contributed by atoms with Gasteiger partial charge in [0.05, 0.1) is 0 Å². The van der Waals surface area contributed by atoms with Gasteiger partial charge in [0.2, 0.25) is 0 Å². The summed E-state index contributed by atoms with van der Waals surface area (Å²) in [5.74, 6) is 0.520. The number of benzene rings is 4. The van der Waals surface area contributed by atoms with Crippen molar-refractivity contribution in [2.24, 2.45) is 11.3 Å². The molecule has 0 bridgehead atoms. The molecule has 0 fully saturated rings. The first-order chi connectivity index (χ1) is 21.1. The Labute approximate surface area is 298 Å². The zero-order valence-corrected chi connectivity index (χ0v) is 32.7. The number of fused-ring (bicyclic) bond motifs is 3. The first-order valence-corrected chi connectivity index (χ1v) is 20.5. The summed E-state index contributed by atoms with van der Waals surface area (Å²) in [6.07, 6.45) is 9.14. The van der Waals surface area contributed by atoms with Crippen LogP contribution >= 0.6 is 0 Å². The maximum Gasteiger partial charge on any atom is -1.00 e. The van der Waals surface area contributed by atoms with Crippen LogP contribution in [0.1, 0.15) is 95.1 Å². The smallest absolute Gasteiger partial charge is 1.00 e. The molecular formula is C43H48Cl2Zr. The largest absolute Gasteiger partial charge is 1.00 e. The van der Waals surface area contributed by atoms with E-state index in [2.05, 4.69) is 152 Å². The van der Waals surface area contributed by atoms with Gasteiger partial charge in [0.1, 0.15) is 0 Å². The van der Waals surface area contributed by atoms with Crippen LogP contribution in [0.4, 0.5) is 0 Å². The van der Waals surface area contributed by atoms with Crippen molar-refractivity contribution in [1.82, 2.24) is 0 Å². The fourth-order valence-electron chi connectivity index (χ4n) is 7.28. The summed E-state index contributed by atoms with van der Waals surface area (Å²) in [5.41, 5.74) is 16.2. The SMILES string of the molecule is CCCCC1C=C(C(C)(C)C)C=[C]1[Zr+2](=[C](c1ccccc1)c1ccccc1)[CH]1c2cc(C)c(C)cc2-c2cc(C)c(C)cc21.[Cl-].[Cl-]. The molecule has 0 radical (unpaired) electrons. The molecule has 1 atom stereocenters. The Morgan fingerprint density at radius 1 is 0.674 bits per heavy atom. The molecule has 6 rings (SSSR count). The molecule has 2 aliphatic carbocycles. The number of allylic oxidation sites excluding steroid dienone is 4. The molecule has 0 aromatic heterocycles. The number of aryl methyl sites for hydroxylation is 4. The van der Waals surface area contributed by atoms with Crippen molar-refractivity contribution in [1.29, 1.82) is 0 Å². The molecule has 2 aliphatic rings. The average molecular weight is 727 g/mol. The summed E-state index contributed by atoms with van der Waals surface area (Å²) in [5, 5.41) is 0. The van der Waals surface area contributed by atoms with Gasteiger partial charge in [0.15, 0.2) is 0 Å². The van der Waals surface area contributed by atoms with Crippen molar-refractivity contribution in [3.63, 3.8) is 0 Å². The Hall–Kier alpha value is -2.31. The minimum absolute atomic E-state index is 0. The van der Waals surface area contributed by atoms with E-state index in [0.29, 0.717) is 9.54 Å². The van der Waals surface area contributed by atoms with Crippen LogP contribution < -0.4 is 24.8 Å². The fourth-order valence-corrected chi connectivity index (χ4v) is 16.9. The molecule has 0 heterocycles. The minimum Gasteiger partial charge on any atom is -1.00 e. The molecule has 4 aromatic carbocycles. The van der Waals surface area contributed by atoms with E-state index in [9.17, 15) is 0 Å². The summed E-state index contributed by atoms with van der Waals surface area (Å²) in [4.78, 5) is 0. The second-order valence-electron chi connectivity index (χ2n) is 14.2. The fraction of sp³-hybridized carbons (Fsp3) is 0.326.